The van der Waals surface area contributed by atoms with Crippen molar-refractivity contribution in [3.8, 4) is 5.75 Å². The molecular weight excluding hydrogens is 386 g/mol. The van der Waals surface area contributed by atoms with Crippen LogP contribution < -0.4 is 4.74 Å². The molecule has 0 N–H and O–H groups in total. The predicted molar refractivity (Wildman–Crippen MR) is 102 cm³/mol. The number of hydrogen-bond donors (Lipinski definition) is 0. The Labute approximate surface area is 165 Å². The van der Waals surface area contributed by atoms with Crippen LogP contribution in [0, 0.1) is 5.92 Å². The van der Waals surface area contributed by atoms with Crippen molar-refractivity contribution in [1.29, 1.82) is 0 Å². The van der Waals surface area contributed by atoms with Crippen molar-refractivity contribution in [2.24, 2.45) is 5.92 Å². The van der Waals surface area contributed by atoms with Gasteiger partial charge in [0.25, 0.3) is 0 Å². The van der Waals surface area contributed by atoms with Gasteiger partial charge in [0.2, 0.25) is 10.0 Å². The second kappa shape index (κ2) is 7.88. The highest BCUT2D eigenvalue weighted by atomic mass is 32.2. The van der Waals surface area contributed by atoms with E-state index in [1.807, 2.05) is 0 Å². The number of fused-ring (bicyclic) bond motifs is 2. The van der Waals surface area contributed by atoms with Crippen LogP contribution in [0.5, 0.6) is 5.75 Å². The van der Waals surface area contributed by atoms with Gasteiger partial charge in [-0.2, -0.15) is 13.1 Å². The summed E-state index contributed by atoms with van der Waals surface area (Å²) in [6.45, 7) is 1.61. The SMILES string of the molecule is CC1CCN([C@H]2C[C@H]3CC[C@@H](C2)N3S(=O)(=O)c2ccc(OC(F)F)cc2)CC1. The summed E-state index contributed by atoms with van der Waals surface area (Å²) in [7, 11) is -3.63. The van der Waals surface area contributed by atoms with Gasteiger partial charge in [-0.05, 0) is 81.8 Å². The Balaban J connectivity index is 1.47. The van der Waals surface area contributed by atoms with Crippen LogP contribution in [0.15, 0.2) is 29.2 Å². The molecule has 0 unspecified atom stereocenters. The third kappa shape index (κ3) is 3.91. The van der Waals surface area contributed by atoms with Crippen LogP contribution in [-0.4, -0.2) is 55.4 Å². The highest BCUT2D eigenvalue weighted by Crippen LogP contribution is 2.42. The summed E-state index contributed by atoms with van der Waals surface area (Å²) < 4.78 is 57.1. The van der Waals surface area contributed by atoms with Crippen LogP contribution >= 0.6 is 0 Å². The highest BCUT2D eigenvalue weighted by molar-refractivity contribution is 7.89. The number of likely N-dealkylation sites (tertiary alicyclic amines) is 1. The third-order valence-corrected chi connectivity index (χ3v) is 8.62. The fourth-order valence-corrected chi connectivity index (χ4v) is 7.00. The fraction of sp³-hybridized carbons (Fsp3) is 0.700. The number of hydrogen-bond acceptors (Lipinski definition) is 4. The molecule has 0 saturated carbocycles. The molecule has 1 aromatic carbocycles. The van der Waals surface area contributed by atoms with Crippen molar-refractivity contribution in [3.05, 3.63) is 24.3 Å². The summed E-state index contributed by atoms with van der Waals surface area (Å²) >= 11 is 0. The van der Waals surface area contributed by atoms with Gasteiger partial charge in [0.1, 0.15) is 5.75 Å². The highest BCUT2D eigenvalue weighted by Gasteiger charge is 2.48. The standard InChI is InChI=1S/C20H28F2N2O3S/c1-14-8-10-23(11-9-14)17-12-15-2-3-16(13-17)24(15)28(25,26)19-6-4-18(5-7-19)27-20(21)22/h4-7,14-17,20H,2-3,8-13H2,1H3/t15-,16+,17+. The maximum atomic E-state index is 13.2. The minimum Gasteiger partial charge on any atom is -0.435 e. The molecule has 0 amide bonds. The summed E-state index contributed by atoms with van der Waals surface area (Å²) in [5.41, 5.74) is 0. The summed E-state index contributed by atoms with van der Waals surface area (Å²) in [6, 6.07) is 5.86. The largest absolute Gasteiger partial charge is 0.435 e. The van der Waals surface area contributed by atoms with Crippen molar-refractivity contribution in [2.75, 3.05) is 13.1 Å². The Hall–Kier alpha value is -1.25. The number of benzene rings is 1. The average Bonchev–Trinajstić information content (AvgIpc) is 2.94. The van der Waals surface area contributed by atoms with Crippen LogP contribution in [0.3, 0.4) is 0 Å². The number of sulfonamides is 1. The average molecular weight is 415 g/mol. The van der Waals surface area contributed by atoms with Gasteiger partial charge in [0.05, 0.1) is 4.90 Å². The zero-order chi connectivity index (χ0) is 19.9. The van der Waals surface area contributed by atoms with Gasteiger partial charge in [-0.1, -0.05) is 6.92 Å². The van der Waals surface area contributed by atoms with E-state index in [-0.39, 0.29) is 22.7 Å². The normalized spacial score (nSPS) is 30.1. The van der Waals surface area contributed by atoms with Crippen LogP contribution in [0.25, 0.3) is 0 Å². The van der Waals surface area contributed by atoms with E-state index < -0.39 is 16.6 Å². The molecule has 2 bridgehead atoms. The van der Waals surface area contributed by atoms with Crippen LogP contribution in [0.4, 0.5) is 8.78 Å². The fourth-order valence-electron chi connectivity index (χ4n) is 5.10. The number of ether oxygens (including phenoxy) is 1. The van der Waals surface area contributed by atoms with E-state index in [1.54, 1.807) is 4.31 Å². The molecule has 3 aliphatic heterocycles. The van der Waals surface area contributed by atoms with E-state index in [0.717, 1.165) is 44.7 Å². The summed E-state index contributed by atoms with van der Waals surface area (Å²) in [5, 5.41) is 0. The van der Waals surface area contributed by atoms with Crippen molar-refractivity contribution in [3.63, 3.8) is 0 Å². The lowest BCUT2D eigenvalue weighted by molar-refractivity contribution is -0.0498. The first-order valence-corrected chi connectivity index (χ1v) is 11.6. The lowest BCUT2D eigenvalue weighted by Crippen LogP contribution is -2.53. The minimum atomic E-state index is -3.63. The van der Waals surface area contributed by atoms with Crippen LogP contribution in [0.2, 0.25) is 0 Å². The Morgan fingerprint density at radius 1 is 0.964 bits per heavy atom. The van der Waals surface area contributed by atoms with Gasteiger partial charge >= 0.3 is 6.61 Å². The summed E-state index contributed by atoms with van der Waals surface area (Å²) in [5.74, 6) is 0.750. The Bertz CT molecular complexity index is 765. The second-order valence-corrected chi connectivity index (χ2v) is 10.3. The van der Waals surface area contributed by atoms with Gasteiger partial charge in [0, 0.05) is 18.1 Å². The van der Waals surface area contributed by atoms with E-state index in [9.17, 15) is 17.2 Å². The monoisotopic (exact) mass is 414 g/mol. The first-order chi connectivity index (χ1) is 13.3. The van der Waals surface area contributed by atoms with E-state index in [4.69, 9.17) is 0 Å². The molecule has 8 heteroatoms. The van der Waals surface area contributed by atoms with E-state index in [2.05, 4.69) is 16.6 Å². The van der Waals surface area contributed by atoms with Crippen LogP contribution in [-0.2, 0) is 10.0 Å². The van der Waals surface area contributed by atoms with Crippen molar-refractivity contribution in [1.82, 2.24) is 9.21 Å². The molecule has 3 saturated heterocycles. The summed E-state index contributed by atoms with van der Waals surface area (Å²) in [6.07, 6.45) is 6.02. The van der Waals surface area contributed by atoms with Gasteiger partial charge < -0.3 is 9.64 Å². The zero-order valence-electron chi connectivity index (χ0n) is 16.1. The van der Waals surface area contributed by atoms with E-state index >= 15 is 0 Å². The lowest BCUT2D eigenvalue weighted by Gasteiger charge is -2.44. The van der Waals surface area contributed by atoms with Gasteiger partial charge in [0.15, 0.2) is 0 Å². The second-order valence-electron chi connectivity index (χ2n) is 8.41. The van der Waals surface area contributed by atoms with Gasteiger partial charge in [-0.3, -0.25) is 0 Å². The molecule has 3 atom stereocenters. The van der Waals surface area contributed by atoms with Crippen LogP contribution in [0.1, 0.15) is 45.4 Å². The maximum absolute atomic E-state index is 13.2. The maximum Gasteiger partial charge on any atom is 0.387 e. The number of nitrogens with zero attached hydrogens (tertiary/aromatic N) is 2. The molecule has 3 heterocycles. The molecule has 0 aromatic heterocycles. The first kappa shape index (κ1) is 20.0. The molecule has 0 aliphatic carbocycles. The molecular formula is C20H28F2N2O3S. The smallest absolute Gasteiger partial charge is 0.387 e. The molecule has 3 fully saturated rings. The molecule has 5 nitrogen and oxygen atoms in total. The quantitative estimate of drug-likeness (QED) is 0.737. The molecule has 1 aromatic rings. The minimum absolute atomic E-state index is 0.0324. The number of alkyl halides is 2. The third-order valence-electron chi connectivity index (χ3n) is 6.60. The molecule has 28 heavy (non-hydrogen) atoms. The van der Waals surface area contributed by atoms with Crippen molar-refractivity contribution >= 4 is 10.0 Å². The number of rotatable bonds is 5. The van der Waals surface area contributed by atoms with E-state index in [0.29, 0.717) is 6.04 Å². The predicted octanol–water partition coefficient (Wildman–Crippen LogP) is 3.70. The number of halogens is 2. The van der Waals surface area contributed by atoms with Crippen molar-refractivity contribution < 1.29 is 21.9 Å². The Morgan fingerprint density at radius 3 is 2.07 bits per heavy atom. The number of piperidine rings is 2. The molecule has 156 valence electrons. The van der Waals surface area contributed by atoms with Gasteiger partial charge in [-0.25, -0.2) is 8.42 Å². The Morgan fingerprint density at radius 2 is 1.54 bits per heavy atom. The lowest BCUT2D eigenvalue weighted by atomic mass is 9.93. The molecule has 3 aliphatic rings. The first-order valence-electron chi connectivity index (χ1n) is 10.2. The van der Waals surface area contributed by atoms with Gasteiger partial charge in [-0.15, -0.1) is 0 Å². The van der Waals surface area contributed by atoms with Crippen molar-refractivity contribution in [2.45, 2.75) is 75.1 Å². The van der Waals surface area contributed by atoms with E-state index in [1.165, 1.54) is 37.1 Å². The zero-order valence-corrected chi connectivity index (χ0v) is 17.0. The molecule has 4 rings (SSSR count). The molecule has 0 radical (unpaired) electrons. The topological polar surface area (TPSA) is 49.9 Å². The summed E-state index contributed by atoms with van der Waals surface area (Å²) in [4.78, 5) is 2.71. The molecule has 0 spiro atoms. The Kier molecular flexibility index (Phi) is 5.64.